The third kappa shape index (κ3) is 3.26. The van der Waals surface area contributed by atoms with Gasteiger partial charge in [0.15, 0.2) is 0 Å². The summed E-state index contributed by atoms with van der Waals surface area (Å²) in [6, 6.07) is 39.2. The second-order valence-electron chi connectivity index (χ2n) is 9.93. The van der Waals surface area contributed by atoms with Gasteiger partial charge in [-0.1, -0.05) is 90.5 Å². The topological polar surface area (TPSA) is 25.8 Å². The Morgan fingerprint density at radius 2 is 1.08 bits per heavy atom. The van der Waals surface area contributed by atoms with Crippen molar-refractivity contribution >= 4 is 64.1 Å². The van der Waals surface area contributed by atoms with Crippen LogP contribution in [0.25, 0.3) is 75.1 Å². The lowest BCUT2D eigenvalue weighted by molar-refractivity contribution is 1.31. The highest BCUT2D eigenvalue weighted by Crippen LogP contribution is 2.38. The van der Waals surface area contributed by atoms with Gasteiger partial charge in [-0.25, -0.2) is 4.98 Å². The molecule has 38 heavy (non-hydrogen) atoms. The number of hydrogen-bond donors (Lipinski definition) is 0. The summed E-state index contributed by atoms with van der Waals surface area (Å²) in [7, 11) is 0. The van der Waals surface area contributed by atoms with E-state index in [1.807, 2.05) is 17.5 Å². The van der Waals surface area contributed by atoms with E-state index in [9.17, 15) is 0 Å². The summed E-state index contributed by atoms with van der Waals surface area (Å²) in [5.74, 6) is 0. The highest BCUT2D eigenvalue weighted by molar-refractivity contribution is 7.25. The van der Waals surface area contributed by atoms with Crippen LogP contribution in [-0.4, -0.2) is 9.97 Å². The third-order valence-corrected chi connectivity index (χ3v) is 8.72. The molecule has 0 bridgehead atoms. The number of fused-ring (bicyclic) bond motifs is 9. The van der Waals surface area contributed by atoms with Crippen molar-refractivity contribution in [2.45, 2.75) is 6.92 Å². The van der Waals surface area contributed by atoms with Gasteiger partial charge in [0, 0.05) is 36.5 Å². The predicted molar refractivity (Wildman–Crippen MR) is 163 cm³/mol. The maximum absolute atomic E-state index is 5.14. The number of aryl methyl sites for hydroxylation is 1. The molecule has 0 radical (unpaired) electrons. The fraction of sp³-hybridized carbons (Fsp3) is 0.0286. The monoisotopic (exact) mass is 502 g/mol. The molecule has 8 aromatic rings. The molecule has 0 spiro atoms. The van der Waals surface area contributed by atoms with Crippen LogP contribution in [0.5, 0.6) is 0 Å². The number of aromatic nitrogens is 2. The molecule has 2 heterocycles. The predicted octanol–water partition coefficient (Wildman–Crippen LogP) is 9.95. The second kappa shape index (κ2) is 8.20. The molecule has 2 nitrogen and oxygen atoms in total. The fourth-order valence-corrected chi connectivity index (χ4v) is 6.73. The van der Waals surface area contributed by atoms with Crippen LogP contribution >= 0.6 is 11.3 Å². The van der Waals surface area contributed by atoms with Crippen LogP contribution in [0, 0.1) is 6.92 Å². The van der Waals surface area contributed by atoms with E-state index < -0.39 is 0 Å². The van der Waals surface area contributed by atoms with Gasteiger partial charge in [-0.3, -0.25) is 4.98 Å². The summed E-state index contributed by atoms with van der Waals surface area (Å²) < 4.78 is 2.67. The Bertz CT molecular complexity index is 2150. The highest BCUT2D eigenvalue weighted by atomic mass is 32.1. The quantitative estimate of drug-likeness (QED) is 0.220. The first-order valence-corrected chi connectivity index (χ1v) is 13.6. The first kappa shape index (κ1) is 21.5. The molecule has 0 aliphatic carbocycles. The minimum atomic E-state index is 0.888. The average Bonchev–Trinajstić information content (AvgIpc) is 3.34. The van der Waals surface area contributed by atoms with Gasteiger partial charge in [0.25, 0.3) is 0 Å². The lowest BCUT2D eigenvalue weighted by Crippen LogP contribution is -1.92. The molecule has 3 heteroatoms. The van der Waals surface area contributed by atoms with Gasteiger partial charge >= 0.3 is 0 Å². The summed E-state index contributed by atoms with van der Waals surface area (Å²) in [6.07, 6.45) is 1.91. The molecule has 0 saturated heterocycles. The minimum absolute atomic E-state index is 0.888. The van der Waals surface area contributed by atoms with Crippen molar-refractivity contribution in [3.05, 3.63) is 121 Å². The van der Waals surface area contributed by atoms with Gasteiger partial charge in [-0.15, -0.1) is 11.3 Å². The summed E-state index contributed by atoms with van der Waals surface area (Å²) >= 11 is 1.86. The fourth-order valence-electron chi connectivity index (χ4n) is 5.67. The molecular formula is C35H22N2S. The van der Waals surface area contributed by atoms with Crippen molar-refractivity contribution in [3.63, 3.8) is 0 Å². The highest BCUT2D eigenvalue weighted by Gasteiger charge is 2.12. The van der Waals surface area contributed by atoms with Crippen LogP contribution in [-0.2, 0) is 0 Å². The van der Waals surface area contributed by atoms with Crippen LogP contribution in [0.1, 0.15) is 5.56 Å². The van der Waals surface area contributed by atoms with Crippen LogP contribution < -0.4 is 0 Å². The summed E-state index contributed by atoms with van der Waals surface area (Å²) in [5.41, 5.74) is 7.58. The Balaban J connectivity index is 1.24. The van der Waals surface area contributed by atoms with Crippen LogP contribution in [0.4, 0.5) is 0 Å². The smallest absolute Gasteiger partial charge is 0.0979 e. The zero-order chi connectivity index (χ0) is 25.2. The standard InChI is InChI=1S/C35H22N2S/c1-21-10-16-32-29(18-21)30-19-24(15-17-33(30)38-32)22-11-13-23(14-12-22)31-20-36-34-27-8-4-2-6-25(27)26-7-3-5-9-28(26)35(34)37-31/h2-20H,1H3. The molecule has 0 atom stereocenters. The van der Waals surface area contributed by atoms with Crippen LogP contribution in [0.15, 0.2) is 115 Å². The Labute approximate surface area is 223 Å². The van der Waals surface area contributed by atoms with E-state index in [2.05, 4.69) is 116 Å². The maximum Gasteiger partial charge on any atom is 0.0979 e. The molecule has 2 aromatic heterocycles. The first-order valence-electron chi connectivity index (χ1n) is 12.8. The number of benzene rings is 6. The zero-order valence-corrected chi connectivity index (χ0v) is 21.6. The molecule has 0 amide bonds. The summed E-state index contributed by atoms with van der Waals surface area (Å²) in [5, 5.41) is 7.38. The van der Waals surface area contributed by atoms with E-state index in [1.165, 1.54) is 47.6 Å². The molecule has 0 unspecified atom stereocenters. The SMILES string of the molecule is Cc1ccc2sc3ccc(-c4ccc(-c5cnc6c7ccccc7c7ccccc7c6n5)cc4)cc3c2c1. The Morgan fingerprint density at radius 1 is 0.500 bits per heavy atom. The van der Waals surface area contributed by atoms with Crippen LogP contribution in [0.2, 0.25) is 0 Å². The Kier molecular flexibility index (Phi) is 4.64. The molecule has 0 fully saturated rings. The van der Waals surface area contributed by atoms with E-state index in [-0.39, 0.29) is 0 Å². The van der Waals surface area contributed by atoms with Crippen molar-refractivity contribution in [1.29, 1.82) is 0 Å². The van der Waals surface area contributed by atoms with E-state index in [1.54, 1.807) is 0 Å². The number of thiophene rings is 1. The normalized spacial score (nSPS) is 11.8. The second-order valence-corrected chi connectivity index (χ2v) is 11.0. The van der Waals surface area contributed by atoms with Crippen molar-refractivity contribution in [2.75, 3.05) is 0 Å². The number of hydrogen-bond acceptors (Lipinski definition) is 3. The number of rotatable bonds is 2. The zero-order valence-electron chi connectivity index (χ0n) is 20.8. The van der Waals surface area contributed by atoms with E-state index in [4.69, 9.17) is 9.97 Å². The molecule has 0 N–H and O–H groups in total. The third-order valence-electron chi connectivity index (χ3n) is 7.57. The van der Waals surface area contributed by atoms with Gasteiger partial charge in [-0.05, 0) is 53.1 Å². The lowest BCUT2D eigenvalue weighted by Gasteiger charge is -2.10. The molecule has 0 aliphatic heterocycles. The Morgan fingerprint density at radius 3 is 1.82 bits per heavy atom. The maximum atomic E-state index is 5.14. The molecule has 8 rings (SSSR count). The molecule has 0 aliphatic rings. The van der Waals surface area contributed by atoms with E-state index in [0.29, 0.717) is 0 Å². The first-order chi connectivity index (χ1) is 18.7. The van der Waals surface area contributed by atoms with Gasteiger partial charge in [-0.2, -0.15) is 0 Å². The van der Waals surface area contributed by atoms with Crippen molar-refractivity contribution < 1.29 is 0 Å². The lowest BCUT2D eigenvalue weighted by atomic mass is 9.99. The van der Waals surface area contributed by atoms with Gasteiger partial charge in [0.1, 0.15) is 0 Å². The van der Waals surface area contributed by atoms with E-state index >= 15 is 0 Å². The average molecular weight is 503 g/mol. The summed E-state index contributed by atoms with van der Waals surface area (Å²) in [4.78, 5) is 10.1. The van der Waals surface area contributed by atoms with Crippen molar-refractivity contribution in [1.82, 2.24) is 9.97 Å². The van der Waals surface area contributed by atoms with Crippen molar-refractivity contribution in [2.24, 2.45) is 0 Å². The molecular weight excluding hydrogens is 480 g/mol. The molecule has 178 valence electrons. The number of nitrogens with zero attached hydrogens (tertiary/aromatic N) is 2. The van der Waals surface area contributed by atoms with Gasteiger partial charge < -0.3 is 0 Å². The molecule has 0 saturated carbocycles. The largest absolute Gasteiger partial charge is 0.252 e. The molecule has 6 aromatic carbocycles. The van der Waals surface area contributed by atoms with Gasteiger partial charge in [0.05, 0.1) is 22.9 Å². The van der Waals surface area contributed by atoms with E-state index in [0.717, 1.165) is 33.1 Å². The Hall–Kier alpha value is -4.60. The minimum Gasteiger partial charge on any atom is -0.252 e. The van der Waals surface area contributed by atoms with Crippen LogP contribution in [0.3, 0.4) is 0 Å². The van der Waals surface area contributed by atoms with Gasteiger partial charge in [0.2, 0.25) is 0 Å². The summed E-state index contributed by atoms with van der Waals surface area (Å²) in [6.45, 7) is 2.16. The van der Waals surface area contributed by atoms with Crippen molar-refractivity contribution in [3.8, 4) is 22.4 Å².